The van der Waals surface area contributed by atoms with Crippen molar-refractivity contribution in [2.75, 3.05) is 6.54 Å². The van der Waals surface area contributed by atoms with Crippen molar-refractivity contribution < 1.29 is 4.79 Å². The molecule has 2 aliphatic carbocycles. The quantitative estimate of drug-likeness (QED) is 0.714. The Morgan fingerprint density at radius 2 is 1.96 bits per heavy atom. The minimum absolute atomic E-state index is 0.144. The SMILES string of the molecule is Cc1nc(CCNC(=O)CCC2NNC3CCCCC32)nc2c1CCCC2. The van der Waals surface area contributed by atoms with E-state index in [0.29, 0.717) is 37.4 Å². The fraction of sp³-hybridized carbons (Fsp3) is 0.762. The zero-order valence-corrected chi connectivity index (χ0v) is 16.5. The van der Waals surface area contributed by atoms with Crippen LogP contribution in [0.2, 0.25) is 0 Å². The first-order valence-electron chi connectivity index (χ1n) is 10.8. The lowest BCUT2D eigenvalue weighted by atomic mass is 9.80. The van der Waals surface area contributed by atoms with Crippen molar-refractivity contribution in [3.8, 4) is 0 Å². The number of amides is 1. The predicted molar refractivity (Wildman–Crippen MR) is 105 cm³/mol. The number of carbonyl (C=O) groups is 1. The van der Waals surface area contributed by atoms with Crippen LogP contribution in [0.15, 0.2) is 0 Å². The van der Waals surface area contributed by atoms with E-state index in [9.17, 15) is 4.79 Å². The summed E-state index contributed by atoms with van der Waals surface area (Å²) in [5.41, 5.74) is 10.6. The van der Waals surface area contributed by atoms with Crippen molar-refractivity contribution in [2.45, 2.75) is 89.6 Å². The van der Waals surface area contributed by atoms with Crippen molar-refractivity contribution in [2.24, 2.45) is 5.92 Å². The highest BCUT2D eigenvalue weighted by Gasteiger charge is 2.36. The van der Waals surface area contributed by atoms with Gasteiger partial charge in [0.25, 0.3) is 0 Å². The number of fused-ring (bicyclic) bond motifs is 2. The van der Waals surface area contributed by atoms with Gasteiger partial charge < -0.3 is 5.32 Å². The summed E-state index contributed by atoms with van der Waals surface area (Å²) in [7, 11) is 0. The molecule has 6 heteroatoms. The fourth-order valence-corrected chi connectivity index (χ4v) is 5.07. The number of aryl methyl sites for hydroxylation is 2. The molecule has 0 radical (unpaired) electrons. The average molecular weight is 372 g/mol. The van der Waals surface area contributed by atoms with E-state index >= 15 is 0 Å². The molecule has 6 nitrogen and oxygen atoms in total. The number of carbonyl (C=O) groups excluding carboxylic acids is 1. The number of hydrogen-bond donors (Lipinski definition) is 3. The smallest absolute Gasteiger partial charge is 0.220 e. The van der Waals surface area contributed by atoms with Crippen LogP contribution in [0.5, 0.6) is 0 Å². The Balaban J connectivity index is 1.20. The first-order chi connectivity index (χ1) is 13.2. The largest absolute Gasteiger partial charge is 0.356 e. The van der Waals surface area contributed by atoms with Gasteiger partial charge in [0.05, 0.1) is 0 Å². The molecule has 1 aromatic rings. The van der Waals surface area contributed by atoms with Gasteiger partial charge in [-0.3, -0.25) is 15.6 Å². The highest BCUT2D eigenvalue weighted by atomic mass is 16.1. The topological polar surface area (TPSA) is 78.9 Å². The van der Waals surface area contributed by atoms with E-state index in [-0.39, 0.29) is 5.91 Å². The number of rotatable bonds is 6. The summed E-state index contributed by atoms with van der Waals surface area (Å²) in [5, 5.41) is 3.06. The van der Waals surface area contributed by atoms with Crippen molar-refractivity contribution in [3.63, 3.8) is 0 Å². The number of nitrogens with zero attached hydrogens (tertiary/aromatic N) is 2. The van der Waals surface area contributed by atoms with Crippen molar-refractivity contribution in [1.29, 1.82) is 0 Å². The van der Waals surface area contributed by atoms with Crippen LogP contribution in [0.3, 0.4) is 0 Å². The summed E-state index contributed by atoms with van der Waals surface area (Å²) in [6, 6.07) is 1.05. The van der Waals surface area contributed by atoms with Crippen LogP contribution in [0.4, 0.5) is 0 Å². The average Bonchev–Trinajstić information content (AvgIpc) is 3.10. The maximum absolute atomic E-state index is 12.2. The molecule has 0 spiro atoms. The number of hydrogen-bond acceptors (Lipinski definition) is 5. The van der Waals surface area contributed by atoms with E-state index in [1.165, 1.54) is 49.8 Å². The molecule has 3 aliphatic rings. The van der Waals surface area contributed by atoms with Gasteiger partial charge >= 0.3 is 0 Å². The summed E-state index contributed by atoms with van der Waals surface area (Å²) in [5.74, 6) is 1.71. The maximum Gasteiger partial charge on any atom is 0.220 e. The molecule has 3 unspecified atom stereocenters. The van der Waals surface area contributed by atoms with Crippen LogP contribution in [0, 0.1) is 12.8 Å². The normalized spacial score (nSPS) is 27.1. The minimum atomic E-state index is 0.144. The van der Waals surface area contributed by atoms with Crippen LogP contribution in [0.1, 0.15) is 74.1 Å². The highest BCUT2D eigenvalue weighted by Crippen LogP contribution is 2.31. The first-order valence-corrected chi connectivity index (χ1v) is 10.8. The van der Waals surface area contributed by atoms with Crippen molar-refractivity contribution >= 4 is 5.91 Å². The summed E-state index contributed by atoms with van der Waals surface area (Å²) in [6.07, 6.45) is 12.1. The molecule has 0 bridgehead atoms. The van der Waals surface area contributed by atoms with E-state index in [1.807, 2.05) is 0 Å². The van der Waals surface area contributed by atoms with E-state index in [1.54, 1.807) is 0 Å². The van der Waals surface area contributed by atoms with E-state index in [0.717, 1.165) is 30.8 Å². The van der Waals surface area contributed by atoms with Crippen molar-refractivity contribution in [3.05, 3.63) is 22.8 Å². The first kappa shape index (κ1) is 18.8. The Kier molecular flexibility index (Phi) is 6.03. The monoisotopic (exact) mass is 371 g/mol. The standard InChI is InChI=1S/C21H33N5O/c1-14-15-6-2-4-8-17(15)24-20(23-14)12-13-22-21(27)11-10-19-16-7-3-5-9-18(16)25-26-19/h16,18-19,25-26H,2-13H2,1H3,(H,22,27). The molecule has 0 aromatic carbocycles. The molecule has 1 aliphatic heterocycles. The molecule has 3 N–H and O–H groups in total. The Morgan fingerprint density at radius 1 is 1.11 bits per heavy atom. The van der Waals surface area contributed by atoms with E-state index in [2.05, 4.69) is 28.1 Å². The lowest BCUT2D eigenvalue weighted by Gasteiger charge is -2.27. The molecule has 4 rings (SSSR count). The minimum Gasteiger partial charge on any atom is -0.356 e. The Labute approximate surface area is 162 Å². The van der Waals surface area contributed by atoms with Gasteiger partial charge in [0.15, 0.2) is 0 Å². The number of hydrazine groups is 1. The lowest BCUT2D eigenvalue weighted by molar-refractivity contribution is -0.121. The maximum atomic E-state index is 12.2. The van der Waals surface area contributed by atoms with Gasteiger partial charge in [0.1, 0.15) is 5.82 Å². The van der Waals surface area contributed by atoms with E-state index < -0.39 is 0 Å². The van der Waals surface area contributed by atoms with Gasteiger partial charge in [0.2, 0.25) is 5.91 Å². The lowest BCUT2D eigenvalue weighted by Crippen LogP contribution is -2.34. The molecule has 1 amide bonds. The second-order valence-corrected chi connectivity index (χ2v) is 8.45. The molecule has 148 valence electrons. The third-order valence-electron chi connectivity index (χ3n) is 6.58. The molecule has 1 saturated heterocycles. The van der Waals surface area contributed by atoms with Gasteiger partial charge in [0, 0.05) is 42.9 Å². The zero-order valence-electron chi connectivity index (χ0n) is 16.5. The fourth-order valence-electron chi connectivity index (χ4n) is 5.07. The van der Waals surface area contributed by atoms with Crippen LogP contribution >= 0.6 is 0 Å². The third-order valence-corrected chi connectivity index (χ3v) is 6.58. The van der Waals surface area contributed by atoms with Crippen LogP contribution in [-0.2, 0) is 24.1 Å². The summed E-state index contributed by atoms with van der Waals surface area (Å²) < 4.78 is 0. The summed E-state index contributed by atoms with van der Waals surface area (Å²) in [6.45, 7) is 2.72. The van der Waals surface area contributed by atoms with Crippen LogP contribution in [0.25, 0.3) is 0 Å². The molecule has 3 atom stereocenters. The zero-order chi connectivity index (χ0) is 18.6. The Bertz CT molecular complexity index is 677. The molecule has 2 heterocycles. The molecule has 27 heavy (non-hydrogen) atoms. The molecular formula is C21H33N5O. The Hall–Kier alpha value is -1.53. The molecular weight excluding hydrogens is 338 g/mol. The van der Waals surface area contributed by atoms with Gasteiger partial charge in [-0.2, -0.15) is 0 Å². The number of aromatic nitrogens is 2. The molecule has 1 aromatic heterocycles. The van der Waals surface area contributed by atoms with Crippen molar-refractivity contribution in [1.82, 2.24) is 26.1 Å². The second kappa shape index (κ2) is 8.65. The van der Waals surface area contributed by atoms with Gasteiger partial charge in [-0.25, -0.2) is 9.97 Å². The summed E-state index contributed by atoms with van der Waals surface area (Å²) in [4.78, 5) is 21.7. The third kappa shape index (κ3) is 4.49. The Morgan fingerprint density at radius 3 is 2.89 bits per heavy atom. The molecule has 2 fully saturated rings. The number of nitrogens with one attached hydrogen (secondary N) is 3. The molecule has 1 saturated carbocycles. The predicted octanol–water partition coefficient (Wildman–Crippen LogP) is 2.14. The van der Waals surface area contributed by atoms with Crippen LogP contribution < -0.4 is 16.2 Å². The summed E-state index contributed by atoms with van der Waals surface area (Å²) >= 11 is 0. The van der Waals surface area contributed by atoms with E-state index in [4.69, 9.17) is 4.98 Å². The van der Waals surface area contributed by atoms with Crippen LogP contribution in [-0.4, -0.2) is 34.5 Å². The van der Waals surface area contributed by atoms with Gasteiger partial charge in [-0.15, -0.1) is 0 Å². The van der Waals surface area contributed by atoms with Gasteiger partial charge in [-0.1, -0.05) is 12.8 Å². The van der Waals surface area contributed by atoms with Gasteiger partial charge in [-0.05, 0) is 63.4 Å². The second-order valence-electron chi connectivity index (χ2n) is 8.45. The highest BCUT2D eigenvalue weighted by molar-refractivity contribution is 5.75.